The lowest BCUT2D eigenvalue weighted by molar-refractivity contribution is 0.173. The van der Waals surface area contributed by atoms with Gasteiger partial charge in [0.2, 0.25) is 0 Å². The molecule has 1 unspecified atom stereocenters. The summed E-state index contributed by atoms with van der Waals surface area (Å²) in [6, 6.07) is 5.30. The van der Waals surface area contributed by atoms with Gasteiger partial charge in [-0.1, -0.05) is 23.8 Å². The highest BCUT2D eigenvalue weighted by Crippen LogP contribution is 2.19. The van der Waals surface area contributed by atoms with Gasteiger partial charge in [0, 0.05) is 13.1 Å². The molecule has 1 aromatic carbocycles. The van der Waals surface area contributed by atoms with E-state index in [4.69, 9.17) is 0 Å². The number of urea groups is 1. The monoisotopic (exact) mass is 306 g/mol. The Labute approximate surface area is 130 Å². The van der Waals surface area contributed by atoms with E-state index in [0.717, 1.165) is 19.3 Å². The molecule has 2 rings (SSSR count). The highest BCUT2D eigenvalue weighted by molar-refractivity contribution is 5.73. The van der Waals surface area contributed by atoms with E-state index in [1.54, 1.807) is 0 Å². The van der Waals surface area contributed by atoms with Gasteiger partial charge in [-0.05, 0) is 49.8 Å². The number of nitrogens with one attached hydrogen (secondary N) is 2. The molecular weight excluding hydrogens is 283 g/mol. The van der Waals surface area contributed by atoms with Crippen LogP contribution in [0, 0.1) is 5.82 Å². The Morgan fingerprint density at radius 3 is 2.68 bits per heavy atom. The van der Waals surface area contributed by atoms with E-state index in [1.165, 1.54) is 42.7 Å². The first-order valence-corrected chi connectivity index (χ1v) is 7.78. The van der Waals surface area contributed by atoms with Gasteiger partial charge in [0.15, 0.2) is 0 Å². The highest BCUT2D eigenvalue weighted by atomic mass is 19.1. The number of aliphatic hydroxyl groups excluding tert-OH is 1. The third-order valence-electron chi connectivity index (χ3n) is 3.83. The molecule has 3 N–H and O–H groups in total. The topological polar surface area (TPSA) is 61.4 Å². The van der Waals surface area contributed by atoms with E-state index < -0.39 is 6.10 Å². The first kappa shape index (κ1) is 16.5. The molecule has 0 spiro atoms. The number of carbonyl (C=O) groups is 1. The van der Waals surface area contributed by atoms with Crippen LogP contribution >= 0.6 is 0 Å². The van der Waals surface area contributed by atoms with Gasteiger partial charge in [-0.15, -0.1) is 0 Å². The average Bonchev–Trinajstić information content (AvgIpc) is 2.54. The van der Waals surface area contributed by atoms with Crippen LogP contribution in [0.15, 0.2) is 35.9 Å². The normalized spacial score (nSPS) is 15.8. The first-order valence-electron chi connectivity index (χ1n) is 7.78. The minimum Gasteiger partial charge on any atom is -0.387 e. The van der Waals surface area contributed by atoms with E-state index in [1.807, 2.05) is 0 Å². The molecule has 1 atom stereocenters. The molecule has 120 valence electrons. The molecule has 0 saturated carbocycles. The molecule has 4 nitrogen and oxygen atoms in total. The zero-order valence-electron chi connectivity index (χ0n) is 12.6. The number of aliphatic hydroxyl groups is 1. The molecule has 1 aliphatic rings. The molecule has 1 aliphatic carbocycles. The molecule has 0 bridgehead atoms. The van der Waals surface area contributed by atoms with Crippen molar-refractivity contribution in [2.45, 2.75) is 38.2 Å². The number of hydrogen-bond acceptors (Lipinski definition) is 2. The fourth-order valence-electron chi connectivity index (χ4n) is 2.52. The molecule has 1 aromatic rings. The van der Waals surface area contributed by atoms with Gasteiger partial charge >= 0.3 is 6.03 Å². The Hall–Kier alpha value is -1.88. The molecule has 0 radical (unpaired) electrons. The number of allylic oxidation sites excluding steroid dienone is 1. The van der Waals surface area contributed by atoms with Crippen molar-refractivity contribution in [2.24, 2.45) is 0 Å². The van der Waals surface area contributed by atoms with Crippen LogP contribution in [0.3, 0.4) is 0 Å². The SMILES string of the molecule is O=C(NCCC1=CCCCC1)NCC(O)c1ccc(F)cc1. The maximum atomic E-state index is 12.8. The van der Waals surface area contributed by atoms with Crippen molar-refractivity contribution in [3.63, 3.8) is 0 Å². The third-order valence-corrected chi connectivity index (χ3v) is 3.83. The minimum absolute atomic E-state index is 0.0974. The van der Waals surface area contributed by atoms with Crippen LogP contribution in [-0.4, -0.2) is 24.2 Å². The van der Waals surface area contributed by atoms with Crippen molar-refractivity contribution in [1.82, 2.24) is 10.6 Å². The lowest BCUT2D eigenvalue weighted by Crippen LogP contribution is -2.38. The number of amides is 2. The van der Waals surface area contributed by atoms with Crippen molar-refractivity contribution in [1.29, 1.82) is 0 Å². The van der Waals surface area contributed by atoms with E-state index >= 15 is 0 Å². The maximum absolute atomic E-state index is 12.8. The maximum Gasteiger partial charge on any atom is 0.314 e. The Bertz CT molecular complexity index is 514. The van der Waals surface area contributed by atoms with Crippen molar-refractivity contribution in [3.05, 3.63) is 47.3 Å². The third kappa shape index (κ3) is 5.48. The van der Waals surface area contributed by atoms with Crippen LogP contribution < -0.4 is 10.6 Å². The molecule has 0 aliphatic heterocycles. The van der Waals surface area contributed by atoms with Gasteiger partial charge in [0.1, 0.15) is 5.82 Å². The second-order valence-electron chi connectivity index (χ2n) is 5.56. The van der Waals surface area contributed by atoms with E-state index in [0.29, 0.717) is 12.1 Å². The second kappa shape index (κ2) is 8.54. The van der Waals surface area contributed by atoms with E-state index in [-0.39, 0.29) is 18.4 Å². The predicted octanol–water partition coefficient (Wildman–Crippen LogP) is 3.05. The Morgan fingerprint density at radius 2 is 2.00 bits per heavy atom. The van der Waals surface area contributed by atoms with Crippen LogP contribution in [0.4, 0.5) is 9.18 Å². The zero-order valence-corrected chi connectivity index (χ0v) is 12.6. The van der Waals surface area contributed by atoms with Gasteiger partial charge in [-0.2, -0.15) is 0 Å². The molecule has 5 heteroatoms. The minimum atomic E-state index is -0.840. The summed E-state index contributed by atoms with van der Waals surface area (Å²) in [6.45, 7) is 0.699. The van der Waals surface area contributed by atoms with Crippen molar-refractivity contribution < 1.29 is 14.3 Å². The number of carbonyl (C=O) groups excluding carboxylic acids is 1. The fraction of sp³-hybridized carbons (Fsp3) is 0.471. The van der Waals surface area contributed by atoms with Gasteiger partial charge in [-0.3, -0.25) is 0 Å². The van der Waals surface area contributed by atoms with Gasteiger partial charge in [0.05, 0.1) is 6.10 Å². The summed E-state index contributed by atoms with van der Waals surface area (Å²) in [5.74, 6) is -0.348. The average molecular weight is 306 g/mol. The summed E-state index contributed by atoms with van der Waals surface area (Å²) < 4.78 is 12.8. The quantitative estimate of drug-likeness (QED) is 0.707. The Kier molecular flexibility index (Phi) is 6.40. The summed E-state index contributed by atoms with van der Waals surface area (Å²) >= 11 is 0. The molecular formula is C17H23FN2O2. The smallest absolute Gasteiger partial charge is 0.314 e. The largest absolute Gasteiger partial charge is 0.387 e. The lowest BCUT2D eigenvalue weighted by Gasteiger charge is -2.15. The van der Waals surface area contributed by atoms with Crippen molar-refractivity contribution in [2.75, 3.05) is 13.1 Å². The van der Waals surface area contributed by atoms with Gasteiger partial charge in [-0.25, -0.2) is 9.18 Å². The predicted molar refractivity (Wildman–Crippen MR) is 83.9 cm³/mol. The number of rotatable bonds is 6. The number of benzene rings is 1. The summed E-state index contributed by atoms with van der Waals surface area (Å²) in [5, 5.41) is 15.3. The van der Waals surface area contributed by atoms with Crippen molar-refractivity contribution in [3.8, 4) is 0 Å². The zero-order chi connectivity index (χ0) is 15.8. The van der Waals surface area contributed by atoms with Gasteiger partial charge in [0.25, 0.3) is 0 Å². The lowest BCUT2D eigenvalue weighted by atomic mass is 9.97. The van der Waals surface area contributed by atoms with E-state index in [2.05, 4.69) is 16.7 Å². The second-order valence-corrected chi connectivity index (χ2v) is 5.56. The molecule has 22 heavy (non-hydrogen) atoms. The fourth-order valence-corrected chi connectivity index (χ4v) is 2.52. The van der Waals surface area contributed by atoms with Crippen molar-refractivity contribution >= 4 is 6.03 Å². The molecule has 0 heterocycles. The van der Waals surface area contributed by atoms with Crippen LogP contribution in [0.2, 0.25) is 0 Å². The first-order chi connectivity index (χ1) is 10.6. The number of halogens is 1. The van der Waals surface area contributed by atoms with Crippen LogP contribution in [0.1, 0.15) is 43.8 Å². The Balaban J connectivity index is 1.64. The molecule has 0 fully saturated rings. The number of hydrogen-bond donors (Lipinski definition) is 3. The standard InChI is InChI=1S/C17H23FN2O2/c18-15-8-6-14(7-9-15)16(21)12-20-17(22)19-11-10-13-4-2-1-3-5-13/h4,6-9,16,21H,1-3,5,10-12H2,(H2,19,20,22). The summed E-state index contributed by atoms with van der Waals surface area (Å²) in [6.07, 6.45) is 7.08. The van der Waals surface area contributed by atoms with Crippen LogP contribution in [0.5, 0.6) is 0 Å². The van der Waals surface area contributed by atoms with Crippen LogP contribution in [0.25, 0.3) is 0 Å². The Morgan fingerprint density at radius 1 is 1.23 bits per heavy atom. The van der Waals surface area contributed by atoms with Gasteiger partial charge < -0.3 is 15.7 Å². The van der Waals surface area contributed by atoms with Crippen LogP contribution in [-0.2, 0) is 0 Å². The highest BCUT2D eigenvalue weighted by Gasteiger charge is 2.10. The summed E-state index contributed by atoms with van der Waals surface area (Å²) in [7, 11) is 0. The molecule has 0 saturated heterocycles. The summed E-state index contributed by atoms with van der Waals surface area (Å²) in [4.78, 5) is 11.7. The summed E-state index contributed by atoms with van der Waals surface area (Å²) in [5.41, 5.74) is 1.99. The van der Waals surface area contributed by atoms with E-state index in [9.17, 15) is 14.3 Å². The molecule has 0 aromatic heterocycles. The molecule has 2 amide bonds.